The van der Waals surface area contributed by atoms with E-state index in [1.165, 1.54) is 12.1 Å². The van der Waals surface area contributed by atoms with E-state index in [0.717, 1.165) is 0 Å². The van der Waals surface area contributed by atoms with Crippen molar-refractivity contribution in [2.24, 2.45) is 0 Å². The fourth-order valence-corrected chi connectivity index (χ4v) is 1.73. The number of carbonyl (C=O) groups excluding carboxylic acids is 1. The van der Waals surface area contributed by atoms with E-state index >= 15 is 0 Å². The number of phenolic OH excluding ortho intramolecular Hbond substituents is 1. The van der Waals surface area contributed by atoms with Gasteiger partial charge in [-0.15, -0.1) is 0 Å². The van der Waals surface area contributed by atoms with Crippen LogP contribution < -0.4 is 0 Å². The molecule has 0 aliphatic carbocycles. The number of aromatic hydroxyl groups is 1. The number of hydrogen-bond donors (Lipinski definition) is 1. The highest BCUT2D eigenvalue weighted by Crippen LogP contribution is 2.22. The summed E-state index contributed by atoms with van der Waals surface area (Å²) in [4.78, 5) is 11.7. The average molecular weight is 312 g/mol. The smallest absolute Gasteiger partial charge is 0.342 e. The van der Waals surface area contributed by atoms with Crippen LogP contribution in [0.5, 0.6) is 5.75 Å². The highest BCUT2D eigenvalue weighted by atomic mass is 79.9. The van der Waals surface area contributed by atoms with E-state index in [2.05, 4.69) is 21.1 Å². The fourth-order valence-electron chi connectivity index (χ4n) is 1.37. The molecule has 1 N–H and O–H groups in total. The van der Waals surface area contributed by atoms with Crippen LogP contribution in [0.3, 0.4) is 0 Å². The molecule has 2 rings (SSSR count). The Balaban J connectivity index is 2.05. The number of nitrogens with zero attached hydrogens (tertiary/aromatic N) is 1. The highest BCUT2D eigenvalue weighted by Gasteiger charge is 2.14. The van der Waals surface area contributed by atoms with E-state index in [0.29, 0.717) is 15.9 Å². The Labute approximate surface area is 111 Å². The van der Waals surface area contributed by atoms with Crippen LogP contribution in [0.4, 0.5) is 0 Å². The zero-order chi connectivity index (χ0) is 13.1. The summed E-state index contributed by atoms with van der Waals surface area (Å²) in [5, 5.41) is 13.2. The number of ether oxygens (including phenoxy) is 1. The van der Waals surface area contributed by atoms with Crippen molar-refractivity contribution in [3.05, 3.63) is 45.8 Å². The van der Waals surface area contributed by atoms with Crippen LogP contribution in [0.2, 0.25) is 0 Å². The molecule has 0 saturated carbocycles. The van der Waals surface area contributed by atoms with Gasteiger partial charge in [-0.1, -0.05) is 21.1 Å². The number of rotatable bonds is 3. The minimum atomic E-state index is -0.622. The third-order valence-electron chi connectivity index (χ3n) is 2.20. The Morgan fingerprint density at radius 3 is 2.94 bits per heavy atom. The van der Waals surface area contributed by atoms with Gasteiger partial charge in [0, 0.05) is 10.5 Å². The summed E-state index contributed by atoms with van der Waals surface area (Å²) in [6.07, 6.45) is 0. The molecule has 0 radical (unpaired) electrons. The van der Waals surface area contributed by atoms with Gasteiger partial charge in [-0.3, -0.25) is 0 Å². The Hall–Kier alpha value is -1.82. The Morgan fingerprint density at radius 1 is 1.50 bits per heavy atom. The molecule has 0 amide bonds. The summed E-state index contributed by atoms with van der Waals surface area (Å²) < 4.78 is 10.6. The number of halogens is 1. The summed E-state index contributed by atoms with van der Waals surface area (Å²) >= 11 is 3.22. The molecule has 0 unspecified atom stereocenters. The van der Waals surface area contributed by atoms with Crippen LogP contribution in [-0.2, 0) is 11.3 Å². The molecule has 6 heteroatoms. The van der Waals surface area contributed by atoms with Crippen molar-refractivity contribution in [1.29, 1.82) is 0 Å². The minimum Gasteiger partial charge on any atom is -0.507 e. The van der Waals surface area contributed by atoms with Crippen LogP contribution >= 0.6 is 15.9 Å². The molecule has 0 atom stereocenters. The Bertz CT molecular complexity index is 579. The van der Waals surface area contributed by atoms with Crippen LogP contribution in [0, 0.1) is 6.92 Å². The zero-order valence-corrected chi connectivity index (χ0v) is 11.1. The van der Waals surface area contributed by atoms with E-state index in [4.69, 9.17) is 9.26 Å². The molecular weight excluding hydrogens is 302 g/mol. The second-order valence-electron chi connectivity index (χ2n) is 3.67. The number of benzene rings is 1. The Morgan fingerprint density at radius 2 is 2.28 bits per heavy atom. The predicted molar refractivity (Wildman–Crippen MR) is 66.2 cm³/mol. The molecule has 0 bridgehead atoms. The van der Waals surface area contributed by atoms with Gasteiger partial charge in [0.1, 0.15) is 11.3 Å². The van der Waals surface area contributed by atoms with Gasteiger partial charge in [-0.2, -0.15) is 0 Å². The second-order valence-corrected chi connectivity index (χ2v) is 4.59. The molecule has 94 valence electrons. The van der Waals surface area contributed by atoms with Crippen LogP contribution in [0.1, 0.15) is 21.8 Å². The first kappa shape index (κ1) is 12.6. The van der Waals surface area contributed by atoms with Crippen LogP contribution in [-0.4, -0.2) is 16.2 Å². The van der Waals surface area contributed by atoms with Gasteiger partial charge >= 0.3 is 5.97 Å². The van der Waals surface area contributed by atoms with Gasteiger partial charge < -0.3 is 14.4 Å². The zero-order valence-electron chi connectivity index (χ0n) is 9.51. The van der Waals surface area contributed by atoms with Crippen molar-refractivity contribution in [1.82, 2.24) is 5.16 Å². The van der Waals surface area contributed by atoms with E-state index in [-0.39, 0.29) is 17.9 Å². The van der Waals surface area contributed by atoms with Gasteiger partial charge in [-0.05, 0) is 25.1 Å². The maximum absolute atomic E-state index is 11.7. The summed E-state index contributed by atoms with van der Waals surface area (Å²) in [7, 11) is 0. The van der Waals surface area contributed by atoms with Gasteiger partial charge in [0.05, 0.1) is 5.69 Å². The highest BCUT2D eigenvalue weighted by molar-refractivity contribution is 9.10. The van der Waals surface area contributed by atoms with E-state index < -0.39 is 5.97 Å². The maximum Gasteiger partial charge on any atom is 0.342 e. The van der Waals surface area contributed by atoms with E-state index in [1.807, 2.05) is 0 Å². The molecule has 1 aromatic heterocycles. The summed E-state index contributed by atoms with van der Waals surface area (Å²) in [5.41, 5.74) is 0.812. The fraction of sp³-hybridized carbons (Fsp3) is 0.167. The number of hydrogen-bond acceptors (Lipinski definition) is 5. The lowest BCUT2D eigenvalue weighted by Gasteiger charge is -2.04. The second kappa shape index (κ2) is 5.22. The van der Waals surface area contributed by atoms with Crippen molar-refractivity contribution in [2.75, 3.05) is 0 Å². The average Bonchev–Trinajstić information content (AvgIpc) is 2.75. The molecule has 2 aromatic rings. The predicted octanol–water partition coefficient (Wildman–Crippen LogP) is 2.81. The maximum atomic E-state index is 11.7. The number of esters is 1. The minimum absolute atomic E-state index is 0.0222. The number of aromatic nitrogens is 1. The normalized spacial score (nSPS) is 10.3. The standard InChI is InChI=1S/C12H10BrNO4/c1-7-4-9(18-14-7)6-17-12(16)10-5-8(13)2-3-11(10)15/h2-5,15H,6H2,1H3. The SMILES string of the molecule is Cc1cc(COC(=O)c2cc(Br)ccc2O)on1. The van der Waals surface area contributed by atoms with Crippen molar-refractivity contribution in [3.63, 3.8) is 0 Å². The molecule has 1 aromatic carbocycles. The monoisotopic (exact) mass is 311 g/mol. The number of carbonyl (C=O) groups is 1. The lowest BCUT2D eigenvalue weighted by Crippen LogP contribution is -2.05. The first-order valence-corrected chi connectivity index (χ1v) is 5.93. The molecule has 0 aliphatic rings. The lowest BCUT2D eigenvalue weighted by molar-refractivity contribution is 0.0434. The molecule has 0 saturated heterocycles. The number of aryl methyl sites for hydroxylation is 1. The quantitative estimate of drug-likeness (QED) is 0.882. The first-order valence-electron chi connectivity index (χ1n) is 5.14. The summed E-state index contributed by atoms with van der Waals surface area (Å²) in [6.45, 7) is 1.75. The van der Waals surface area contributed by atoms with Crippen molar-refractivity contribution in [3.8, 4) is 5.75 Å². The summed E-state index contributed by atoms with van der Waals surface area (Å²) in [6, 6.07) is 6.21. The third kappa shape index (κ3) is 2.89. The van der Waals surface area contributed by atoms with Gasteiger partial charge in [0.15, 0.2) is 12.4 Å². The van der Waals surface area contributed by atoms with Crippen molar-refractivity contribution in [2.45, 2.75) is 13.5 Å². The van der Waals surface area contributed by atoms with Gasteiger partial charge in [0.2, 0.25) is 0 Å². The molecule has 0 aliphatic heterocycles. The number of phenols is 1. The topological polar surface area (TPSA) is 72.6 Å². The molecule has 1 heterocycles. The lowest BCUT2D eigenvalue weighted by atomic mass is 10.2. The van der Waals surface area contributed by atoms with Crippen molar-refractivity contribution < 1.29 is 19.2 Å². The largest absolute Gasteiger partial charge is 0.507 e. The van der Waals surface area contributed by atoms with E-state index in [1.54, 1.807) is 19.1 Å². The van der Waals surface area contributed by atoms with Crippen LogP contribution in [0.25, 0.3) is 0 Å². The van der Waals surface area contributed by atoms with Crippen molar-refractivity contribution >= 4 is 21.9 Å². The molecule has 0 spiro atoms. The molecule has 18 heavy (non-hydrogen) atoms. The third-order valence-corrected chi connectivity index (χ3v) is 2.69. The molecule has 5 nitrogen and oxygen atoms in total. The Kier molecular flexibility index (Phi) is 3.66. The molecule has 0 fully saturated rings. The van der Waals surface area contributed by atoms with Gasteiger partial charge in [-0.25, -0.2) is 4.79 Å². The summed E-state index contributed by atoms with van der Waals surface area (Å²) in [5.74, 6) is -0.296. The van der Waals surface area contributed by atoms with E-state index in [9.17, 15) is 9.90 Å². The first-order chi connectivity index (χ1) is 8.56. The van der Waals surface area contributed by atoms with Crippen LogP contribution in [0.15, 0.2) is 33.3 Å². The molecular formula is C12H10BrNO4. The van der Waals surface area contributed by atoms with Gasteiger partial charge in [0.25, 0.3) is 0 Å².